The van der Waals surface area contributed by atoms with Crippen LogP contribution in [0.25, 0.3) is 0 Å². The van der Waals surface area contributed by atoms with Crippen LogP contribution in [0, 0.1) is 15.0 Å². The average Bonchev–Trinajstić information content (AvgIpc) is 3.12. The standard InChI is InChI=1S/C25H23N5O8S/c1-25(2)28(22(33)18(29(25)26-35)15-6-4-3-5-7-15)20-21(32)27-19(17(31)13-39-23(20)27)24(34)38-12-14-8-10-16(11-9-14)30(36)37/h3-11,18,20,23,31H,12-13H2,1-2H3/t18?,20?,23-/m0/s1. The minimum absolute atomic E-state index is 0.00682. The average molecular weight is 554 g/mol. The van der Waals surface area contributed by atoms with Crippen molar-refractivity contribution < 1.29 is 29.2 Å². The maximum absolute atomic E-state index is 13.7. The Morgan fingerprint density at radius 3 is 2.44 bits per heavy atom. The van der Waals surface area contributed by atoms with Gasteiger partial charge < -0.3 is 14.7 Å². The lowest BCUT2D eigenvalue weighted by atomic mass is 9.99. The van der Waals surface area contributed by atoms with E-state index in [1.165, 1.54) is 40.9 Å². The number of carbonyl (C=O) groups excluding carboxylic acids is 3. The molecule has 202 valence electrons. The Labute approximate surface area is 226 Å². The lowest BCUT2D eigenvalue weighted by Gasteiger charge is -2.54. The minimum Gasteiger partial charge on any atom is -0.509 e. The molecule has 3 atom stereocenters. The van der Waals surface area contributed by atoms with Crippen LogP contribution in [-0.4, -0.2) is 65.5 Å². The van der Waals surface area contributed by atoms with E-state index in [1.54, 1.807) is 44.2 Å². The van der Waals surface area contributed by atoms with Crippen LogP contribution in [0.4, 0.5) is 5.69 Å². The number of nitro benzene ring substituents is 1. The molecule has 2 fully saturated rings. The van der Waals surface area contributed by atoms with E-state index in [0.717, 1.165) is 9.91 Å². The third-order valence-corrected chi connectivity index (χ3v) is 8.23. The predicted octanol–water partition coefficient (Wildman–Crippen LogP) is 2.99. The van der Waals surface area contributed by atoms with Crippen LogP contribution in [0.5, 0.6) is 0 Å². The number of amides is 2. The van der Waals surface area contributed by atoms with Gasteiger partial charge in [-0.3, -0.25) is 24.6 Å². The monoisotopic (exact) mass is 553 g/mol. The highest BCUT2D eigenvalue weighted by molar-refractivity contribution is 8.00. The first-order valence-corrected chi connectivity index (χ1v) is 12.9. The Morgan fingerprint density at radius 2 is 1.82 bits per heavy atom. The number of thioether (sulfide) groups is 1. The molecule has 0 saturated carbocycles. The maximum Gasteiger partial charge on any atom is 0.358 e. The van der Waals surface area contributed by atoms with E-state index >= 15 is 0 Å². The third-order valence-electron chi connectivity index (χ3n) is 6.98. The van der Waals surface area contributed by atoms with Gasteiger partial charge in [-0.05, 0) is 37.1 Å². The van der Waals surface area contributed by atoms with Crippen molar-refractivity contribution in [2.24, 2.45) is 5.29 Å². The summed E-state index contributed by atoms with van der Waals surface area (Å²) in [7, 11) is 0. The molecule has 14 heteroatoms. The van der Waals surface area contributed by atoms with Gasteiger partial charge in [0.2, 0.25) is 0 Å². The van der Waals surface area contributed by atoms with Crippen LogP contribution in [0.1, 0.15) is 31.0 Å². The van der Waals surface area contributed by atoms with Gasteiger partial charge in [0.05, 0.1) is 16.0 Å². The SMILES string of the molecule is CC1(C)N(N=O)C(c2ccccc2)C(=O)N1C1C(=O)N2C(C(=O)OCc3ccc([N+](=O)[O-])cc3)=C(O)CS[C@@H]12. The molecule has 39 heavy (non-hydrogen) atoms. The molecule has 2 aromatic carbocycles. The van der Waals surface area contributed by atoms with Crippen molar-refractivity contribution in [2.45, 2.75) is 43.6 Å². The topological polar surface area (TPSA) is 163 Å². The van der Waals surface area contributed by atoms with Crippen LogP contribution in [0.15, 0.2) is 71.3 Å². The van der Waals surface area contributed by atoms with E-state index in [4.69, 9.17) is 4.74 Å². The number of aliphatic hydroxyl groups excluding tert-OH is 1. The summed E-state index contributed by atoms with van der Waals surface area (Å²) in [6.07, 6.45) is 0. The Morgan fingerprint density at radius 1 is 1.15 bits per heavy atom. The molecule has 5 rings (SSSR count). The summed E-state index contributed by atoms with van der Waals surface area (Å²) in [4.78, 5) is 64.7. The number of nitroso groups, excluding NO2 is 1. The van der Waals surface area contributed by atoms with Crippen LogP contribution in [0.3, 0.4) is 0 Å². The second kappa shape index (κ2) is 9.69. The number of hydrogen-bond acceptors (Lipinski definition) is 10. The molecule has 2 aromatic rings. The molecular weight excluding hydrogens is 530 g/mol. The van der Waals surface area contributed by atoms with Gasteiger partial charge in [0.25, 0.3) is 17.5 Å². The summed E-state index contributed by atoms with van der Waals surface area (Å²) in [6.45, 7) is 2.99. The van der Waals surface area contributed by atoms with E-state index in [-0.39, 0.29) is 29.5 Å². The maximum atomic E-state index is 13.7. The number of ether oxygens (including phenoxy) is 1. The Balaban J connectivity index is 1.36. The van der Waals surface area contributed by atoms with Gasteiger partial charge >= 0.3 is 5.97 Å². The first-order valence-electron chi connectivity index (χ1n) is 11.9. The largest absolute Gasteiger partial charge is 0.509 e. The van der Waals surface area contributed by atoms with Crippen molar-refractivity contribution in [2.75, 3.05) is 5.75 Å². The fourth-order valence-corrected chi connectivity index (χ4v) is 6.33. The van der Waals surface area contributed by atoms with Gasteiger partial charge in [-0.25, -0.2) is 9.80 Å². The summed E-state index contributed by atoms with van der Waals surface area (Å²) >= 11 is 1.17. The molecule has 13 nitrogen and oxygen atoms in total. The molecule has 0 spiro atoms. The quantitative estimate of drug-likeness (QED) is 0.177. The van der Waals surface area contributed by atoms with Crippen LogP contribution in [-0.2, 0) is 25.7 Å². The summed E-state index contributed by atoms with van der Waals surface area (Å²) in [5.74, 6) is -2.39. The molecule has 2 amide bonds. The molecule has 3 aliphatic heterocycles. The first-order chi connectivity index (χ1) is 18.6. The molecule has 0 aliphatic carbocycles. The van der Waals surface area contributed by atoms with E-state index in [0.29, 0.717) is 11.1 Å². The molecular formula is C25H23N5O8S. The first kappa shape index (κ1) is 26.2. The van der Waals surface area contributed by atoms with Crippen LogP contribution in [0.2, 0.25) is 0 Å². The molecule has 0 radical (unpaired) electrons. The smallest absolute Gasteiger partial charge is 0.358 e. The molecule has 3 heterocycles. The van der Waals surface area contributed by atoms with Crippen molar-refractivity contribution in [3.05, 3.63) is 92.2 Å². The number of hydrogen-bond donors (Lipinski definition) is 1. The van der Waals surface area contributed by atoms with Gasteiger partial charge in [-0.1, -0.05) is 30.3 Å². The number of rotatable bonds is 7. The lowest BCUT2D eigenvalue weighted by molar-refractivity contribution is -0.384. The zero-order valence-electron chi connectivity index (χ0n) is 20.8. The second-order valence-electron chi connectivity index (χ2n) is 9.59. The number of nitrogens with zero attached hydrogens (tertiary/aromatic N) is 5. The highest BCUT2D eigenvalue weighted by atomic mass is 32.2. The highest BCUT2D eigenvalue weighted by Crippen LogP contribution is 2.49. The Kier molecular flexibility index (Phi) is 6.50. The van der Waals surface area contributed by atoms with Crippen LogP contribution < -0.4 is 0 Å². The van der Waals surface area contributed by atoms with Gasteiger partial charge in [-0.15, -0.1) is 16.7 Å². The summed E-state index contributed by atoms with van der Waals surface area (Å²) < 4.78 is 5.30. The van der Waals surface area contributed by atoms with Crippen molar-refractivity contribution in [1.82, 2.24) is 14.8 Å². The zero-order valence-corrected chi connectivity index (χ0v) is 21.6. The van der Waals surface area contributed by atoms with Gasteiger partial charge in [0.1, 0.15) is 29.4 Å². The summed E-state index contributed by atoms with van der Waals surface area (Å²) in [5, 5.41) is 24.9. The summed E-state index contributed by atoms with van der Waals surface area (Å²) in [5.41, 5.74) is -0.679. The van der Waals surface area contributed by atoms with Crippen molar-refractivity contribution in [3.8, 4) is 0 Å². The number of esters is 1. The minimum atomic E-state index is -1.26. The number of fused-ring (bicyclic) bond motifs is 1. The number of β-lactam (4-membered cyclic amide) rings is 1. The van der Waals surface area contributed by atoms with Gasteiger partial charge in [0, 0.05) is 12.1 Å². The van der Waals surface area contributed by atoms with E-state index in [9.17, 15) is 34.5 Å². The summed E-state index contributed by atoms with van der Waals surface area (Å²) in [6, 6.07) is 12.0. The molecule has 0 bridgehead atoms. The lowest BCUT2D eigenvalue weighted by Crippen LogP contribution is -2.73. The Hall–Kier alpha value is -4.46. The Bertz CT molecular complexity index is 1400. The van der Waals surface area contributed by atoms with E-state index in [2.05, 4.69) is 5.29 Å². The van der Waals surface area contributed by atoms with Gasteiger partial charge in [0.15, 0.2) is 11.7 Å². The number of benzene rings is 2. The van der Waals surface area contributed by atoms with E-state index < -0.39 is 45.8 Å². The fraction of sp³-hybridized carbons (Fsp3) is 0.320. The number of non-ortho nitro benzene ring substituents is 1. The third kappa shape index (κ3) is 4.16. The normalized spacial score (nSPS) is 23.8. The fourth-order valence-electron chi connectivity index (χ4n) is 5.08. The molecule has 0 aromatic heterocycles. The van der Waals surface area contributed by atoms with Crippen molar-refractivity contribution >= 4 is 35.2 Å². The van der Waals surface area contributed by atoms with Gasteiger partial charge in [-0.2, -0.15) is 0 Å². The van der Waals surface area contributed by atoms with Crippen LogP contribution >= 0.6 is 11.8 Å². The predicted molar refractivity (Wildman–Crippen MR) is 137 cm³/mol. The zero-order chi connectivity index (χ0) is 28.1. The van der Waals surface area contributed by atoms with Crippen molar-refractivity contribution in [1.29, 1.82) is 0 Å². The second-order valence-corrected chi connectivity index (χ2v) is 10.7. The highest BCUT2D eigenvalue weighted by Gasteiger charge is 2.65. The molecule has 2 saturated heterocycles. The number of aliphatic hydroxyl groups is 1. The number of nitro groups is 1. The van der Waals surface area contributed by atoms with E-state index in [1.807, 2.05) is 0 Å². The molecule has 1 N–H and O–H groups in total. The molecule has 3 aliphatic rings. The number of carbonyl (C=O) groups is 3. The van der Waals surface area contributed by atoms with Crippen molar-refractivity contribution in [3.63, 3.8) is 0 Å². The molecule has 2 unspecified atom stereocenters.